The quantitative estimate of drug-likeness (QED) is 0.691. The number of aromatic nitrogens is 3. The van der Waals surface area contributed by atoms with Crippen LogP contribution in [0.1, 0.15) is 4.88 Å². The van der Waals surface area contributed by atoms with E-state index >= 15 is 0 Å². The first kappa shape index (κ1) is 12.4. The summed E-state index contributed by atoms with van der Waals surface area (Å²) in [5.74, 6) is 1.24. The van der Waals surface area contributed by atoms with Gasteiger partial charge in [-0.15, -0.1) is 11.3 Å². The van der Waals surface area contributed by atoms with Crippen LogP contribution in [0, 0.1) is 14.9 Å². The molecule has 0 atom stereocenters. The molecule has 0 fully saturated rings. The fourth-order valence-electron chi connectivity index (χ4n) is 1.77. The van der Waals surface area contributed by atoms with Crippen LogP contribution in [-0.4, -0.2) is 22.1 Å². The van der Waals surface area contributed by atoms with Crippen LogP contribution in [0.4, 0.5) is 0 Å². The summed E-state index contributed by atoms with van der Waals surface area (Å²) in [5.41, 5.74) is 1.70. The number of hydrogen-bond donors (Lipinski definition) is 1. The second kappa shape index (κ2) is 4.79. The van der Waals surface area contributed by atoms with Crippen molar-refractivity contribution in [3.05, 3.63) is 26.8 Å². The van der Waals surface area contributed by atoms with Crippen LogP contribution in [0.5, 0.6) is 5.88 Å². The molecule has 0 saturated carbocycles. The number of pyridine rings is 1. The molecular formula is C12H7IN4OS. The van der Waals surface area contributed by atoms with Crippen molar-refractivity contribution in [3.63, 3.8) is 0 Å². The molecule has 3 rings (SSSR count). The standard InChI is InChI=1S/C12H7IN4OS/c1-18-11-9(7(13)2-3-15-11)10-16-8-4-6(5-14)19-12(8)17-10/h2-4H,1H3,(H,16,17). The van der Waals surface area contributed by atoms with E-state index in [0.717, 1.165) is 19.5 Å². The van der Waals surface area contributed by atoms with E-state index in [9.17, 15) is 0 Å². The summed E-state index contributed by atoms with van der Waals surface area (Å²) in [7, 11) is 1.58. The highest BCUT2D eigenvalue weighted by molar-refractivity contribution is 14.1. The van der Waals surface area contributed by atoms with Crippen LogP contribution in [0.2, 0.25) is 0 Å². The Kier molecular flexibility index (Phi) is 3.12. The van der Waals surface area contributed by atoms with Gasteiger partial charge in [-0.2, -0.15) is 5.26 Å². The summed E-state index contributed by atoms with van der Waals surface area (Å²) in [6.45, 7) is 0. The van der Waals surface area contributed by atoms with E-state index in [2.05, 4.69) is 43.6 Å². The van der Waals surface area contributed by atoms with Crippen molar-refractivity contribution in [2.24, 2.45) is 0 Å². The van der Waals surface area contributed by atoms with Gasteiger partial charge in [0.2, 0.25) is 5.88 Å². The van der Waals surface area contributed by atoms with Crippen molar-refractivity contribution in [1.82, 2.24) is 15.0 Å². The molecule has 0 aliphatic heterocycles. The number of fused-ring (bicyclic) bond motifs is 1. The number of aromatic amines is 1. The molecule has 3 heterocycles. The van der Waals surface area contributed by atoms with Crippen LogP contribution >= 0.6 is 33.9 Å². The third-order valence-electron chi connectivity index (χ3n) is 2.58. The molecule has 0 amide bonds. The molecule has 0 unspecified atom stereocenters. The summed E-state index contributed by atoms with van der Waals surface area (Å²) in [6, 6.07) is 5.81. The number of H-pyrrole nitrogens is 1. The first-order valence-corrected chi connectivity index (χ1v) is 7.21. The number of nitrogens with zero attached hydrogens (tertiary/aromatic N) is 3. The SMILES string of the molecule is COc1nccc(I)c1-c1nc2sc(C#N)cc2[nH]1. The Morgan fingerprint density at radius 1 is 1.53 bits per heavy atom. The molecule has 0 aliphatic carbocycles. The summed E-state index contributed by atoms with van der Waals surface area (Å²) in [6.07, 6.45) is 1.70. The molecule has 0 spiro atoms. The number of methoxy groups -OCH3 is 1. The van der Waals surface area contributed by atoms with E-state index in [1.165, 1.54) is 11.3 Å². The summed E-state index contributed by atoms with van der Waals surface area (Å²) in [5, 5.41) is 8.86. The van der Waals surface area contributed by atoms with Gasteiger partial charge in [0.15, 0.2) is 0 Å². The Bertz CT molecular complexity index is 770. The second-order valence-corrected chi connectivity index (χ2v) is 5.90. The maximum atomic E-state index is 8.86. The number of hydrogen-bond acceptors (Lipinski definition) is 5. The highest BCUT2D eigenvalue weighted by Crippen LogP contribution is 2.33. The first-order chi connectivity index (χ1) is 9.22. The monoisotopic (exact) mass is 382 g/mol. The van der Waals surface area contributed by atoms with Crippen molar-refractivity contribution in [2.75, 3.05) is 7.11 Å². The Morgan fingerprint density at radius 2 is 2.37 bits per heavy atom. The number of imidazole rings is 1. The Labute approximate surface area is 126 Å². The largest absolute Gasteiger partial charge is 0.480 e. The fraction of sp³-hybridized carbons (Fsp3) is 0.0833. The van der Waals surface area contributed by atoms with E-state index in [1.807, 2.05) is 6.07 Å². The lowest BCUT2D eigenvalue weighted by Gasteiger charge is -2.06. The highest BCUT2D eigenvalue weighted by atomic mass is 127. The van der Waals surface area contributed by atoms with Gasteiger partial charge in [0.05, 0.1) is 18.2 Å². The van der Waals surface area contributed by atoms with Crippen LogP contribution in [0.3, 0.4) is 0 Å². The third-order valence-corrected chi connectivity index (χ3v) is 4.42. The molecule has 0 aliphatic rings. The maximum absolute atomic E-state index is 8.86. The van der Waals surface area contributed by atoms with E-state index in [-0.39, 0.29) is 0 Å². The average Bonchev–Trinajstić information content (AvgIpc) is 2.95. The van der Waals surface area contributed by atoms with Gasteiger partial charge in [-0.3, -0.25) is 0 Å². The van der Waals surface area contributed by atoms with Gasteiger partial charge in [-0.05, 0) is 34.7 Å². The van der Waals surface area contributed by atoms with E-state index < -0.39 is 0 Å². The number of nitrogens with one attached hydrogen (secondary N) is 1. The normalized spacial score (nSPS) is 10.6. The van der Waals surface area contributed by atoms with Crippen LogP contribution in [0.15, 0.2) is 18.3 Å². The smallest absolute Gasteiger partial charge is 0.225 e. The molecule has 3 aromatic rings. The van der Waals surface area contributed by atoms with Gasteiger partial charge in [0.25, 0.3) is 0 Å². The minimum absolute atomic E-state index is 0.536. The minimum atomic E-state index is 0.536. The number of thiophene rings is 1. The van der Waals surface area contributed by atoms with Crippen LogP contribution in [-0.2, 0) is 0 Å². The number of rotatable bonds is 2. The van der Waals surface area contributed by atoms with E-state index in [1.54, 1.807) is 19.4 Å². The lowest BCUT2D eigenvalue weighted by molar-refractivity contribution is 0.399. The van der Waals surface area contributed by atoms with Gasteiger partial charge in [0.1, 0.15) is 21.6 Å². The molecular weight excluding hydrogens is 375 g/mol. The maximum Gasteiger partial charge on any atom is 0.225 e. The van der Waals surface area contributed by atoms with Crippen molar-refractivity contribution in [1.29, 1.82) is 5.26 Å². The molecule has 5 nitrogen and oxygen atoms in total. The zero-order chi connectivity index (χ0) is 13.4. The molecule has 7 heteroatoms. The zero-order valence-corrected chi connectivity index (χ0v) is 12.7. The predicted molar refractivity (Wildman–Crippen MR) is 81.2 cm³/mol. The summed E-state index contributed by atoms with van der Waals surface area (Å²) >= 11 is 3.59. The molecule has 0 aromatic carbocycles. The zero-order valence-electron chi connectivity index (χ0n) is 9.77. The minimum Gasteiger partial charge on any atom is -0.480 e. The van der Waals surface area contributed by atoms with Crippen LogP contribution < -0.4 is 4.74 Å². The van der Waals surface area contributed by atoms with Crippen molar-refractivity contribution in [2.45, 2.75) is 0 Å². The van der Waals surface area contributed by atoms with Gasteiger partial charge in [0, 0.05) is 9.77 Å². The Hall–Kier alpha value is -1.66. The fourth-order valence-corrected chi connectivity index (χ4v) is 3.21. The molecule has 19 heavy (non-hydrogen) atoms. The molecule has 0 saturated heterocycles. The van der Waals surface area contributed by atoms with Crippen molar-refractivity contribution in [3.8, 4) is 23.3 Å². The van der Waals surface area contributed by atoms with Gasteiger partial charge < -0.3 is 9.72 Å². The first-order valence-electron chi connectivity index (χ1n) is 5.31. The van der Waals surface area contributed by atoms with E-state index in [4.69, 9.17) is 10.00 Å². The lowest BCUT2D eigenvalue weighted by Crippen LogP contribution is -1.95. The van der Waals surface area contributed by atoms with E-state index in [0.29, 0.717) is 16.6 Å². The molecule has 1 N–H and O–H groups in total. The highest BCUT2D eigenvalue weighted by Gasteiger charge is 2.16. The summed E-state index contributed by atoms with van der Waals surface area (Å²) < 4.78 is 6.28. The second-order valence-electron chi connectivity index (χ2n) is 3.70. The Balaban J connectivity index is 2.19. The lowest BCUT2D eigenvalue weighted by atomic mass is 10.2. The topological polar surface area (TPSA) is 74.6 Å². The third kappa shape index (κ3) is 2.06. The van der Waals surface area contributed by atoms with Crippen LogP contribution in [0.25, 0.3) is 21.7 Å². The van der Waals surface area contributed by atoms with Gasteiger partial charge >= 0.3 is 0 Å². The number of nitriles is 1. The molecule has 0 bridgehead atoms. The average molecular weight is 382 g/mol. The molecule has 0 radical (unpaired) electrons. The van der Waals surface area contributed by atoms with Crippen molar-refractivity contribution >= 4 is 44.3 Å². The summed E-state index contributed by atoms with van der Waals surface area (Å²) in [4.78, 5) is 13.4. The number of halogens is 1. The van der Waals surface area contributed by atoms with Gasteiger partial charge in [-0.1, -0.05) is 0 Å². The number of ether oxygens (including phenoxy) is 1. The van der Waals surface area contributed by atoms with Crippen molar-refractivity contribution < 1.29 is 4.74 Å². The Morgan fingerprint density at radius 3 is 3.05 bits per heavy atom. The molecule has 94 valence electrons. The molecule has 3 aromatic heterocycles. The predicted octanol–water partition coefficient (Wildman–Crippen LogP) is 3.17. The van der Waals surface area contributed by atoms with Gasteiger partial charge in [-0.25, -0.2) is 9.97 Å².